The first kappa shape index (κ1) is 15.7. The van der Waals surface area contributed by atoms with Crippen molar-refractivity contribution in [2.75, 3.05) is 13.2 Å². The number of esters is 2. The van der Waals surface area contributed by atoms with Crippen LogP contribution < -0.4 is 0 Å². The van der Waals surface area contributed by atoms with Crippen LogP contribution in [0.2, 0.25) is 0 Å². The zero-order valence-electron chi connectivity index (χ0n) is 11.5. The second-order valence-electron chi connectivity index (χ2n) is 3.80. The Morgan fingerprint density at radius 1 is 1.20 bits per heavy atom. The molecule has 0 bridgehead atoms. The highest BCUT2D eigenvalue weighted by Crippen LogP contribution is 2.29. The molecule has 0 unspecified atom stereocenters. The van der Waals surface area contributed by atoms with Crippen LogP contribution in [0, 0.1) is 0 Å². The highest BCUT2D eigenvalue weighted by molar-refractivity contribution is 6.05. The summed E-state index contributed by atoms with van der Waals surface area (Å²) in [6, 6.07) is 0. The van der Waals surface area contributed by atoms with E-state index in [1.54, 1.807) is 13.8 Å². The number of hydrogen-bond acceptors (Lipinski definition) is 7. The quantitative estimate of drug-likeness (QED) is 0.414. The van der Waals surface area contributed by atoms with Crippen molar-refractivity contribution in [2.45, 2.75) is 25.7 Å². The minimum absolute atomic E-state index is 0.00991. The van der Waals surface area contributed by atoms with Crippen molar-refractivity contribution < 1.29 is 19.1 Å². The summed E-state index contributed by atoms with van der Waals surface area (Å²) in [6.07, 6.45) is 3.82. The minimum atomic E-state index is -1.74. The van der Waals surface area contributed by atoms with Gasteiger partial charge < -0.3 is 9.47 Å². The number of hydrogen-bond donors (Lipinski definition) is 0. The Morgan fingerprint density at radius 2 is 1.70 bits per heavy atom. The molecule has 0 amide bonds. The van der Waals surface area contributed by atoms with E-state index in [0.717, 1.165) is 0 Å². The van der Waals surface area contributed by atoms with Gasteiger partial charge in [-0.25, -0.2) is 15.0 Å². The van der Waals surface area contributed by atoms with Gasteiger partial charge >= 0.3 is 11.9 Å². The van der Waals surface area contributed by atoms with E-state index >= 15 is 0 Å². The SMILES string of the molecule is C=CCC(C(=O)OCC)(C(=O)OCC)c1ncncn1. The molecule has 1 heterocycles. The average Bonchev–Trinajstić information content (AvgIpc) is 2.46. The van der Waals surface area contributed by atoms with Crippen molar-refractivity contribution in [3.05, 3.63) is 31.1 Å². The summed E-state index contributed by atoms with van der Waals surface area (Å²) in [4.78, 5) is 36.1. The Morgan fingerprint density at radius 3 is 2.10 bits per heavy atom. The lowest BCUT2D eigenvalue weighted by atomic mass is 9.83. The van der Waals surface area contributed by atoms with Gasteiger partial charge in [-0.15, -0.1) is 6.58 Å². The molecule has 0 saturated carbocycles. The molecule has 0 saturated heterocycles. The first-order valence-electron chi connectivity index (χ1n) is 6.21. The summed E-state index contributed by atoms with van der Waals surface area (Å²) in [6.45, 7) is 7.12. The van der Waals surface area contributed by atoms with E-state index in [1.165, 1.54) is 18.7 Å². The van der Waals surface area contributed by atoms with Gasteiger partial charge in [-0.2, -0.15) is 0 Å². The van der Waals surface area contributed by atoms with Crippen LogP contribution in [0.25, 0.3) is 0 Å². The fourth-order valence-electron chi connectivity index (χ4n) is 1.71. The zero-order chi connectivity index (χ0) is 15.0. The average molecular weight is 279 g/mol. The van der Waals surface area contributed by atoms with Crippen molar-refractivity contribution in [2.24, 2.45) is 0 Å². The smallest absolute Gasteiger partial charge is 0.331 e. The van der Waals surface area contributed by atoms with Crippen LogP contribution >= 0.6 is 0 Å². The molecular weight excluding hydrogens is 262 g/mol. The third kappa shape index (κ3) is 2.98. The lowest BCUT2D eigenvalue weighted by Crippen LogP contribution is -2.47. The largest absolute Gasteiger partial charge is 0.465 e. The minimum Gasteiger partial charge on any atom is -0.465 e. The maximum Gasteiger partial charge on any atom is 0.331 e. The molecule has 0 N–H and O–H groups in total. The number of aromatic nitrogens is 3. The Bertz CT molecular complexity index is 458. The van der Waals surface area contributed by atoms with Crippen LogP contribution in [0.1, 0.15) is 26.1 Å². The number of rotatable bonds is 7. The Kier molecular flexibility index (Phi) is 5.76. The van der Waals surface area contributed by atoms with Gasteiger partial charge in [0.25, 0.3) is 0 Å². The van der Waals surface area contributed by atoms with E-state index in [1.807, 2.05) is 0 Å². The van der Waals surface area contributed by atoms with Crippen molar-refractivity contribution in [1.29, 1.82) is 0 Å². The van der Waals surface area contributed by atoms with Gasteiger partial charge in [-0.3, -0.25) is 9.59 Å². The van der Waals surface area contributed by atoms with E-state index in [-0.39, 0.29) is 25.5 Å². The third-order valence-electron chi connectivity index (χ3n) is 2.57. The van der Waals surface area contributed by atoms with Crippen LogP contribution in [-0.4, -0.2) is 40.1 Å². The summed E-state index contributed by atoms with van der Waals surface area (Å²) in [7, 11) is 0. The topological polar surface area (TPSA) is 91.3 Å². The van der Waals surface area contributed by atoms with Crippen molar-refractivity contribution in [1.82, 2.24) is 15.0 Å². The van der Waals surface area contributed by atoms with E-state index in [0.29, 0.717) is 0 Å². The first-order chi connectivity index (χ1) is 9.63. The summed E-state index contributed by atoms with van der Waals surface area (Å²) >= 11 is 0. The molecule has 0 atom stereocenters. The van der Waals surface area contributed by atoms with E-state index < -0.39 is 17.4 Å². The molecule has 0 spiro atoms. The van der Waals surface area contributed by atoms with Crippen LogP contribution in [0.5, 0.6) is 0 Å². The van der Waals surface area contributed by atoms with Crippen molar-refractivity contribution in [3.63, 3.8) is 0 Å². The number of nitrogens with zero attached hydrogens (tertiary/aromatic N) is 3. The van der Waals surface area contributed by atoms with Gasteiger partial charge in [0.05, 0.1) is 13.2 Å². The second-order valence-corrected chi connectivity index (χ2v) is 3.80. The van der Waals surface area contributed by atoms with Gasteiger partial charge in [0.2, 0.25) is 5.41 Å². The van der Waals surface area contributed by atoms with Crippen LogP contribution in [0.4, 0.5) is 0 Å². The number of allylic oxidation sites excluding steroid dienone is 1. The third-order valence-corrected chi connectivity index (χ3v) is 2.57. The maximum absolute atomic E-state index is 12.3. The number of ether oxygens (including phenoxy) is 2. The molecule has 0 aliphatic carbocycles. The molecule has 7 heteroatoms. The van der Waals surface area contributed by atoms with Crippen molar-refractivity contribution >= 4 is 11.9 Å². The highest BCUT2D eigenvalue weighted by Gasteiger charge is 2.52. The van der Waals surface area contributed by atoms with E-state index in [9.17, 15) is 9.59 Å². The number of carbonyl (C=O) groups excluding carboxylic acids is 2. The molecule has 1 rings (SSSR count). The lowest BCUT2D eigenvalue weighted by molar-refractivity contribution is -0.165. The predicted octanol–water partition coefficient (Wildman–Crippen LogP) is 0.812. The molecule has 108 valence electrons. The first-order valence-corrected chi connectivity index (χ1v) is 6.21. The maximum atomic E-state index is 12.3. The van der Waals surface area contributed by atoms with Crippen LogP contribution in [-0.2, 0) is 24.5 Å². The zero-order valence-corrected chi connectivity index (χ0v) is 11.5. The Hall–Kier alpha value is -2.31. The van der Waals surface area contributed by atoms with Crippen molar-refractivity contribution in [3.8, 4) is 0 Å². The monoisotopic (exact) mass is 279 g/mol. The predicted molar refractivity (Wildman–Crippen MR) is 69.6 cm³/mol. The highest BCUT2D eigenvalue weighted by atomic mass is 16.6. The fraction of sp³-hybridized carbons (Fsp3) is 0.462. The molecule has 0 aromatic carbocycles. The van der Waals surface area contributed by atoms with Gasteiger partial charge in [-0.1, -0.05) is 6.08 Å². The molecule has 0 aliphatic rings. The molecular formula is C13H17N3O4. The van der Waals surface area contributed by atoms with E-state index in [4.69, 9.17) is 9.47 Å². The summed E-state index contributed by atoms with van der Waals surface area (Å²) in [5.41, 5.74) is -1.74. The summed E-state index contributed by atoms with van der Waals surface area (Å²) in [5, 5.41) is 0. The van der Waals surface area contributed by atoms with Gasteiger partial charge in [0.15, 0.2) is 5.82 Å². The van der Waals surface area contributed by atoms with E-state index in [2.05, 4.69) is 21.5 Å². The van der Waals surface area contributed by atoms with Gasteiger partial charge in [0.1, 0.15) is 12.7 Å². The summed E-state index contributed by atoms with van der Waals surface area (Å²) < 4.78 is 9.99. The summed E-state index contributed by atoms with van der Waals surface area (Å²) in [5.74, 6) is -1.53. The molecule has 20 heavy (non-hydrogen) atoms. The number of carbonyl (C=O) groups is 2. The van der Waals surface area contributed by atoms with Crippen LogP contribution in [0.3, 0.4) is 0 Å². The molecule has 1 aromatic rings. The molecule has 0 aliphatic heterocycles. The Balaban J connectivity index is 3.37. The van der Waals surface area contributed by atoms with Gasteiger partial charge in [-0.05, 0) is 20.3 Å². The molecule has 1 aromatic heterocycles. The lowest BCUT2D eigenvalue weighted by Gasteiger charge is -2.26. The second kappa shape index (κ2) is 7.32. The fourth-order valence-corrected chi connectivity index (χ4v) is 1.71. The molecule has 7 nitrogen and oxygen atoms in total. The van der Waals surface area contributed by atoms with Gasteiger partial charge in [0, 0.05) is 0 Å². The molecule has 0 fully saturated rings. The van der Waals surface area contributed by atoms with Crippen LogP contribution in [0.15, 0.2) is 25.3 Å². The molecule has 0 radical (unpaired) electrons. The Labute approximate surface area is 117 Å². The standard InChI is InChI=1S/C13H17N3O4/c1-4-7-13(11(17)19-5-2,12(18)20-6-3)10-15-8-14-9-16-10/h4,8-9H,1,5-7H2,2-3H3. The normalized spacial score (nSPS) is 10.7.